The molecule has 3 nitrogen and oxygen atoms in total. The molecule has 1 aromatic heterocycles. The van der Waals surface area contributed by atoms with Crippen LogP contribution in [0.25, 0.3) is 11.1 Å². The van der Waals surface area contributed by atoms with Gasteiger partial charge in [-0.3, -0.25) is 0 Å². The van der Waals surface area contributed by atoms with Gasteiger partial charge in [-0.1, -0.05) is 6.92 Å². The second-order valence-corrected chi connectivity index (χ2v) is 5.08. The molecular formula is C14H17NO2S. The predicted octanol–water partition coefficient (Wildman–Crippen LogP) is 3.58. The van der Waals surface area contributed by atoms with E-state index in [2.05, 4.69) is 13.0 Å². The Labute approximate surface area is 111 Å². The number of aryl methyl sites for hydroxylation is 1. The quantitative estimate of drug-likeness (QED) is 0.917. The van der Waals surface area contributed by atoms with Gasteiger partial charge in [-0.2, -0.15) is 0 Å². The van der Waals surface area contributed by atoms with E-state index in [0.717, 1.165) is 34.0 Å². The van der Waals surface area contributed by atoms with E-state index in [1.54, 1.807) is 25.6 Å². The van der Waals surface area contributed by atoms with Crippen molar-refractivity contribution < 1.29 is 9.47 Å². The molecule has 2 N–H and O–H groups in total. The minimum atomic E-state index is 0.800. The van der Waals surface area contributed by atoms with Gasteiger partial charge in [-0.15, -0.1) is 11.3 Å². The van der Waals surface area contributed by atoms with Gasteiger partial charge in [0.25, 0.3) is 0 Å². The zero-order chi connectivity index (χ0) is 13.1. The van der Waals surface area contributed by atoms with E-state index in [1.165, 1.54) is 4.88 Å². The first-order chi connectivity index (χ1) is 8.69. The van der Waals surface area contributed by atoms with Crippen LogP contribution < -0.4 is 15.2 Å². The lowest BCUT2D eigenvalue weighted by Crippen LogP contribution is -1.91. The van der Waals surface area contributed by atoms with Gasteiger partial charge in [0.1, 0.15) is 11.5 Å². The van der Waals surface area contributed by atoms with Gasteiger partial charge in [0.05, 0.1) is 19.2 Å². The summed E-state index contributed by atoms with van der Waals surface area (Å²) in [5.41, 5.74) is 8.08. The second-order valence-electron chi connectivity index (χ2n) is 3.91. The number of nitrogen functional groups attached to an aromatic ring is 1. The van der Waals surface area contributed by atoms with Crippen LogP contribution in [-0.2, 0) is 6.42 Å². The highest BCUT2D eigenvalue weighted by atomic mass is 32.1. The molecule has 1 heterocycles. The average Bonchev–Trinajstić information content (AvgIpc) is 2.79. The fraction of sp³-hybridized carbons (Fsp3) is 0.286. The van der Waals surface area contributed by atoms with Crippen LogP contribution in [0, 0.1) is 0 Å². The Morgan fingerprint density at radius 3 is 2.44 bits per heavy atom. The molecule has 0 fully saturated rings. The number of thiophene rings is 1. The van der Waals surface area contributed by atoms with Crippen LogP contribution in [0.5, 0.6) is 11.5 Å². The molecule has 18 heavy (non-hydrogen) atoms. The van der Waals surface area contributed by atoms with Crippen molar-refractivity contribution >= 4 is 16.3 Å². The molecule has 0 unspecified atom stereocenters. The zero-order valence-electron chi connectivity index (χ0n) is 10.8. The molecule has 0 bridgehead atoms. The lowest BCUT2D eigenvalue weighted by molar-refractivity contribution is 0.404. The maximum absolute atomic E-state index is 6.09. The van der Waals surface area contributed by atoms with E-state index in [-0.39, 0.29) is 0 Å². The van der Waals surface area contributed by atoms with Crippen molar-refractivity contribution in [2.24, 2.45) is 0 Å². The molecule has 0 aliphatic rings. The van der Waals surface area contributed by atoms with Crippen molar-refractivity contribution in [3.63, 3.8) is 0 Å². The summed E-state index contributed by atoms with van der Waals surface area (Å²) in [6.45, 7) is 2.12. The Morgan fingerprint density at radius 2 is 1.89 bits per heavy atom. The van der Waals surface area contributed by atoms with E-state index in [4.69, 9.17) is 15.2 Å². The van der Waals surface area contributed by atoms with Crippen LogP contribution in [0.4, 0.5) is 5.00 Å². The lowest BCUT2D eigenvalue weighted by Gasteiger charge is -2.10. The number of ether oxygens (including phenoxy) is 2. The van der Waals surface area contributed by atoms with Gasteiger partial charge in [-0.25, -0.2) is 0 Å². The van der Waals surface area contributed by atoms with Crippen molar-refractivity contribution in [3.8, 4) is 22.6 Å². The maximum atomic E-state index is 6.09. The maximum Gasteiger partial charge on any atom is 0.127 e. The summed E-state index contributed by atoms with van der Waals surface area (Å²) in [5.74, 6) is 1.61. The average molecular weight is 263 g/mol. The first-order valence-electron chi connectivity index (χ1n) is 5.80. The summed E-state index contributed by atoms with van der Waals surface area (Å²) in [4.78, 5) is 1.27. The van der Waals surface area contributed by atoms with Gasteiger partial charge in [0.2, 0.25) is 0 Å². The summed E-state index contributed by atoms with van der Waals surface area (Å²) in [7, 11) is 3.31. The zero-order valence-corrected chi connectivity index (χ0v) is 11.6. The summed E-state index contributed by atoms with van der Waals surface area (Å²) in [6, 6.07) is 7.86. The van der Waals surface area contributed by atoms with E-state index in [9.17, 15) is 0 Å². The Kier molecular flexibility index (Phi) is 3.77. The van der Waals surface area contributed by atoms with E-state index in [1.807, 2.05) is 18.2 Å². The number of benzene rings is 1. The molecular weight excluding hydrogens is 246 g/mol. The van der Waals surface area contributed by atoms with Crippen molar-refractivity contribution in [1.29, 1.82) is 0 Å². The fourth-order valence-electron chi connectivity index (χ4n) is 1.87. The summed E-state index contributed by atoms with van der Waals surface area (Å²) < 4.78 is 10.6. The van der Waals surface area contributed by atoms with Gasteiger partial charge in [0.15, 0.2) is 0 Å². The molecule has 0 saturated heterocycles. The van der Waals surface area contributed by atoms with E-state index < -0.39 is 0 Å². The van der Waals surface area contributed by atoms with Gasteiger partial charge < -0.3 is 15.2 Å². The normalized spacial score (nSPS) is 10.4. The first kappa shape index (κ1) is 12.8. The van der Waals surface area contributed by atoms with Crippen molar-refractivity contribution in [3.05, 3.63) is 29.1 Å². The fourth-order valence-corrected chi connectivity index (χ4v) is 2.75. The van der Waals surface area contributed by atoms with Crippen LogP contribution >= 0.6 is 11.3 Å². The monoisotopic (exact) mass is 263 g/mol. The molecule has 2 rings (SSSR count). The molecule has 0 amide bonds. The summed E-state index contributed by atoms with van der Waals surface area (Å²) in [6.07, 6.45) is 0.987. The highest BCUT2D eigenvalue weighted by Gasteiger charge is 2.13. The molecule has 0 atom stereocenters. The molecule has 0 radical (unpaired) electrons. The minimum Gasteiger partial charge on any atom is -0.497 e. The predicted molar refractivity (Wildman–Crippen MR) is 76.6 cm³/mol. The van der Waals surface area contributed by atoms with Crippen molar-refractivity contribution in [1.82, 2.24) is 0 Å². The SMILES string of the molecule is CCc1cc(-c2cc(OC)ccc2OC)c(N)s1. The Morgan fingerprint density at radius 1 is 1.11 bits per heavy atom. The summed E-state index contributed by atoms with van der Waals surface area (Å²) in [5, 5.41) is 0.818. The van der Waals surface area contributed by atoms with Crippen LogP contribution in [0.1, 0.15) is 11.8 Å². The molecule has 1 aromatic carbocycles. The van der Waals surface area contributed by atoms with Crippen molar-refractivity contribution in [2.45, 2.75) is 13.3 Å². The highest BCUT2D eigenvalue weighted by Crippen LogP contribution is 2.40. The Hall–Kier alpha value is -1.68. The number of anilines is 1. The van der Waals surface area contributed by atoms with E-state index >= 15 is 0 Å². The highest BCUT2D eigenvalue weighted by molar-refractivity contribution is 7.16. The smallest absolute Gasteiger partial charge is 0.127 e. The first-order valence-corrected chi connectivity index (χ1v) is 6.61. The van der Waals surface area contributed by atoms with Crippen LogP contribution in [0.2, 0.25) is 0 Å². The molecule has 2 aromatic rings. The number of hydrogen-bond acceptors (Lipinski definition) is 4. The lowest BCUT2D eigenvalue weighted by atomic mass is 10.1. The Bertz CT molecular complexity index is 549. The van der Waals surface area contributed by atoms with E-state index in [0.29, 0.717) is 0 Å². The third-order valence-electron chi connectivity index (χ3n) is 2.86. The largest absolute Gasteiger partial charge is 0.497 e. The standard InChI is InChI=1S/C14H17NO2S/c1-4-10-8-12(14(15)18-10)11-7-9(16-2)5-6-13(11)17-3/h5-8H,4,15H2,1-3H3. The second kappa shape index (κ2) is 5.31. The minimum absolute atomic E-state index is 0.800. The number of rotatable bonds is 4. The third kappa shape index (κ3) is 2.29. The molecule has 0 aliphatic carbocycles. The van der Waals surface area contributed by atoms with Gasteiger partial charge >= 0.3 is 0 Å². The molecule has 0 spiro atoms. The molecule has 0 saturated carbocycles. The van der Waals surface area contributed by atoms with Crippen molar-refractivity contribution in [2.75, 3.05) is 20.0 Å². The van der Waals surface area contributed by atoms with Crippen LogP contribution in [0.15, 0.2) is 24.3 Å². The molecule has 96 valence electrons. The topological polar surface area (TPSA) is 44.5 Å². The van der Waals surface area contributed by atoms with Crippen LogP contribution in [-0.4, -0.2) is 14.2 Å². The van der Waals surface area contributed by atoms with Gasteiger partial charge in [0, 0.05) is 16.0 Å². The number of hydrogen-bond donors (Lipinski definition) is 1. The Balaban J connectivity index is 2.56. The number of methoxy groups -OCH3 is 2. The molecule has 0 aliphatic heterocycles. The van der Waals surface area contributed by atoms with Gasteiger partial charge in [-0.05, 0) is 30.7 Å². The number of nitrogens with two attached hydrogens (primary N) is 1. The summed E-state index contributed by atoms with van der Waals surface area (Å²) >= 11 is 1.62. The van der Waals surface area contributed by atoms with Crippen LogP contribution in [0.3, 0.4) is 0 Å². The molecule has 4 heteroatoms. The third-order valence-corrected chi connectivity index (χ3v) is 3.97.